The number of halogens is 1. The highest BCUT2D eigenvalue weighted by Crippen LogP contribution is 2.40. The van der Waals surface area contributed by atoms with E-state index in [-0.39, 0.29) is 17.2 Å². The summed E-state index contributed by atoms with van der Waals surface area (Å²) >= 11 is 0. The van der Waals surface area contributed by atoms with Gasteiger partial charge in [-0.05, 0) is 42.8 Å². The Balaban J connectivity index is 0.00000156. The molecule has 3 N–H and O–H groups in total. The van der Waals surface area contributed by atoms with Crippen LogP contribution in [0.15, 0.2) is 65.1 Å². The first-order chi connectivity index (χ1) is 10.6. The number of aliphatic imine (C=N–C) groups is 1. The molecule has 2 aliphatic heterocycles. The lowest BCUT2D eigenvalue weighted by molar-refractivity contribution is 0.387. The minimum Gasteiger partial charge on any atom is -0.492 e. The second-order valence-electron chi connectivity index (χ2n) is 5.05. The van der Waals surface area contributed by atoms with Crippen molar-refractivity contribution < 1.29 is 15.0 Å². The molecule has 4 rings (SSSR count). The van der Waals surface area contributed by atoms with E-state index < -0.39 is 0 Å². The third-order valence-corrected chi connectivity index (χ3v) is 3.60. The first kappa shape index (κ1) is 15.0. The second-order valence-corrected chi connectivity index (χ2v) is 5.05. The zero-order chi connectivity index (χ0) is 15.3. The Morgan fingerprint density at radius 2 is 1.83 bits per heavy atom. The Kier molecular flexibility index (Phi) is 3.51. The van der Waals surface area contributed by atoms with Crippen LogP contribution in [-0.4, -0.2) is 16.3 Å². The van der Waals surface area contributed by atoms with Crippen LogP contribution in [0.2, 0.25) is 0 Å². The highest BCUT2D eigenvalue weighted by atomic mass is 19.1. The number of benzene rings is 2. The van der Waals surface area contributed by atoms with Gasteiger partial charge < -0.3 is 10.6 Å². The molecule has 2 aromatic carbocycles. The number of nitrogens with zero attached hydrogens (tertiary/aromatic N) is 4. The van der Waals surface area contributed by atoms with Crippen LogP contribution in [0, 0.1) is 5.82 Å². The Bertz CT molecular complexity index is 834. The molecular formula is C16H14FN4O2. The number of rotatable bonds is 1. The first-order valence-corrected chi connectivity index (χ1v) is 6.80. The molecule has 2 aromatic rings. The molecule has 2 heterocycles. The zero-order valence-corrected chi connectivity index (χ0v) is 12.2. The molecule has 0 saturated carbocycles. The zero-order valence-electron chi connectivity index (χ0n) is 12.2. The third kappa shape index (κ3) is 2.23. The van der Waals surface area contributed by atoms with Gasteiger partial charge in [0, 0.05) is 0 Å². The Morgan fingerprint density at radius 3 is 2.61 bits per heavy atom. The van der Waals surface area contributed by atoms with Crippen LogP contribution in [0.1, 0.15) is 6.92 Å². The van der Waals surface area contributed by atoms with Gasteiger partial charge in [0.25, 0.3) is 0 Å². The first-order valence-electron chi connectivity index (χ1n) is 6.80. The van der Waals surface area contributed by atoms with Gasteiger partial charge in [-0.2, -0.15) is 0 Å². The average molecular weight is 313 g/mol. The van der Waals surface area contributed by atoms with Gasteiger partial charge in [0.05, 0.1) is 22.8 Å². The van der Waals surface area contributed by atoms with Crippen molar-refractivity contribution >= 4 is 22.8 Å². The highest BCUT2D eigenvalue weighted by Gasteiger charge is 2.37. The van der Waals surface area contributed by atoms with Gasteiger partial charge in [-0.3, -0.25) is 0 Å². The summed E-state index contributed by atoms with van der Waals surface area (Å²) in [5.41, 5.74) is 7.54. The smallest absolute Gasteiger partial charge is 0.237 e. The topological polar surface area (TPSA) is 84.7 Å². The van der Waals surface area contributed by atoms with Crippen molar-refractivity contribution in [1.82, 2.24) is 5.53 Å². The van der Waals surface area contributed by atoms with E-state index in [1.54, 1.807) is 24.1 Å². The fourth-order valence-corrected chi connectivity index (χ4v) is 2.61. The molecule has 0 amide bonds. The van der Waals surface area contributed by atoms with E-state index in [0.717, 1.165) is 11.4 Å². The number of allylic oxidation sites excluding steroid dienone is 1. The van der Waals surface area contributed by atoms with Crippen molar-refractivity contribution in [2.24, 2.45) is 4.99 Å². The molecule has 1 radical (unpaired) electrons. The summed E-state index contributed by atoms with van der Waals surface area (Å²) in [4.78, 5) is 4.48. The molecule has 0 fully saturated rings. The van der Waals surface area contributed by atoms with Crippen LogP contribution < -0.4 is 15.6 Å². The van der Waals surface area contributed by atoms with Crippen LogP contribution in [-0.2, 0) is 0 Å². The van der Waals surface area contributed by atoms with Crippen molar-refractivity contribution in [2.75, 3.05) is 10.0 Å². The van der Waals surface area contributed by atoms with Crippen LogP contribution in [0.5, 0.6) is 0 Å². The van der Waals surface area contributed by atoms with Gasteiger partial charge in [0.15, 0.2) is 0 Å². The standard InChI is InChI=1S/C16H12FN4O.H2O/c1-10-15-16(22)20(12-6-4-5-11(17)9-12)19-21(15)14-8-3-2-7-13(14)18-10;/h2-9,22H,1H3;1H2. The summed E-state index contributed by atoms with van der Waals surface area (Å²) < 4.78 is 13.4. The summed E-state index contributed by atoms with van der Waals surface area (Å²) in [6, 6.07) is 13.4. The predicted octanol–water partition coefficient (Wildman–Crippen LogP) is 2.60. The lowest BCUT2D eigenvalue weighted by Gasteiger charge is -2.25. The maximum atomic E-state index is 13.4. The van der Waals surface area contributed by atoms with E-state index in [2.05, 4.69) is 10.5 Å². The van der Waals surface area contributed by atoms with E-state index in [0.29, 0.717) is 17.1 Å². The van der Waals surface area contributed by atoms with Crippen molar-refractivity contribution in [3.63, 3.8) is 0 Å². The van der Waals surface area contributed by atoms with Crippen molar-refractivity contribution in [3.05, 3.63) is 65.9 Å². The molecular weight excluding hydrogens is 299 g/mol. The fourth-order valence-electron chi connectivity index (χ4n) is 2.61. The average Bonchev–Trinajstić information content (AvgIpc) is 2.86. The fraction of sp³-hybridized carbons (Fsp3) is 0.0625. The number of hydrogen-bond donors (Lipinski definition) is 1. The number of hydrogen-bond acceptors (Lipinski definition) is 4. The predicted molar refractivity (Wildman–Crippen MR) is 86.0 cm³/mol. The molecule has 0 aromatic heterocycles. The van der Waals surface area contributed by atoms with Crippen molar-refractivity contribution in [2.45, 2.75) is 6.92 Å². The van der Waals surface area contributed by atoms with Crippen LogP contribution in [0.3, 0.4) is 0 Å². The summed E-state index contributed by atoms with van der Waals surface area (Å²) in [5, 5.41) is 13.4. The Labute approximate surface area is 132 Å². The second kappa shape index (κ2) is 5.38. The quantitative estimate of drug-likeness (QED) is 0.878. The minimum atomic E-state index is -0.388. The van der Waals surface area contributed by atoms with Gasteiger partial charge >= 0.3 is 0 Å². The van der Waals surface area contributed by atoms with Gasteiger partial charge in [-0.15, -0.1) is 0 Å². The lowest BCUT2D eigenvalue weighted by atomic mass is 10.1. The molecule has 0 bridgehead atoms. The van der Waals surface area contributed by atoms with Crippen molar-refractivity contribution in [1.29, 1.82) is 0 Å². The molecule has 23 heavy (non-hydrogen) atoms. The van der Waals surface area contributed by atoms with E-state index in [4.69, 9.17) is 0 Å². The summed E-state index contributed by atoms with van der Waals surface area (Å²) in [6.45, 7) is 1.80. The molecule has 0 saturated heterocycles. The monoisotopic (exact) mass is 313 g/mol. The van der Waals surface area contributed by atoms with E-state index in [1.807, 2.05) is 24.3 Å². The minimum absolute atomic E-state index is 0. The number of para-hydroxylation sites is 2. The van der Waals surface area contributed by atoms with Crippen LogP contribution in [0.4, 0.5) is 21.5 Å². The number of fused-ring (bicyclic) bond motifs is 3. The normalized spacial score (nSPS) is 15.8. The van der Waals surface area contributed by atoms with E-state index in [9.17, 15) is 9.50 Å². The Hall–Kier alpha value is -2.90. The van der Waals surface area contributed by atoms with Crippen LogP contribution >= 0.6 is 0 Å². The molecule has 7 heteroatoms. The largest absolute Gasteiger partial charge is 0.492 e. The van der Waals surface area contributed by atoms with Crippen molar-refractivity contribution in [3.8, 4) is 0 Å². The van der Waals surface area contributed by atoms with Gasteiger partial charge in [0.1, 0.15) is 11.5 Å². The van der Waals surface area contributed by atoms with Crippen LogP contribution in [0.25, 0.3) is 0 Å². The highest BCUT2D eigenvalue weighted by molar-refractivity contribution is 6.07. The SMILES string of the molecule is CC1=Nc2ccccc2N2[N]N(c3cccc(F)c3)C(O)=C12.O. The lowest BCUT2D eigenvalue weighted by Crippen LogP contribution is -2.36. The number of anilines is 2. The molecule has 0 aliphatic carbocycles. The maximum absolute atomic E-state index is 13.4. The summed E-state index contributed by atoms with van der Waals surface area (Å²) in [7, 11) is 0. The molecule has 0 spiro atoms. The number of aliphatic hydroxyl groups excluding tert-OH is 1. The summed E-state index contributed by atoms with van der Waals surface area (Å²) in [6.07, 6.45) is 0. The van der Waals surface area contributed by atoms with E-state index in [1.165, 1.54) is 17.1 Å². The summed E-state index contributed by atoms with van der Waals surface area (Å²) in [5.74, 6) is -0.456. The van der Waals surface area contributed by atoms with Gasteiger partial charge in [0.2, 0.25) is 5.88 Å². The van der Waals surface area contributed by atoms with E-state index >= 15 is 0 Å². The molecule has 0 atom stereocenters. The maximum Gasteiger partial charge on any atom is 0.237 e. The molecule has 0 unspecified atom stereocenters. The third-order valence-electron chi connectivity index (χ3n) is 3.60. The molecule has 2 aliphatic rings. The van der Waals surface area contributed by atoms with Gasteiger partial charge in [-0.1, -0.05) is 18.2 Å². The molecule has 117 valence electrons. The van der Waals surface area contributed by atoms with Gasteiger partial charge in [-0.25, -0.2) is 19.4 Å². The molecule has 6 nitrogen and oxygen atoms in total. The number of aliphatic hydroxyl groups is 1. The Morgan fingerprint density at radius 1 is 1.04 bits per heavy atom.